The molecule has 0 fully saturated rings. The van der Waals surface area contributed by atoms with Crippen molar-refractivity contribution in [3.8, 4) is 5.75 Å². The molecule has 0 bridgehead atoms. The van der Waals surface area contributed by atoms with Crippen molar-refractivity contribution in [2.24, 2.45) is 5.92 Å². The predicted molar refractivity (Wildman–Crippen MR) is 118 cm³/mol. The highest BCUT2D eigenvalue weighted by Gasteiger charge is 2.21. The van der Waals surface area contributed by atoms with Crippen molar-refractivity contribution < 1.29 is 14.3 Å². The van der Waals surface area contributed by atoms with E-state index in [-0.39, 0.29) is 17.7 Å². The van der Waals surface area contributed by atoms with Gasteiger partial charge in [-0.15, -0.1) is 0 Å². The van der Waals surface area contributed by atoms with E-state index in [2.05, 4.69) is 30.5 Å². The molecule has 2 atom stereocenters. The Morgan fingerprint density at radius 2 is 1.48 bits per heavy atom. The lowest BCUT2D eigenvalue weighted by Gasteiger charge is -2.21. The van der Waals surface area contributed by atoms with Crippen LogP contribution < -0.4 is 15.4 Å². The van der Waals surface area contributed by atoms with E-state index < -0.39 is 6.10 Å². The summed E-state index contributed by atoms with van der Waals surface area (Å²) in [6, 6.07) is 15.0. The number of para-hydroxylation sites is 1. The molecule has 0 spiro atoms. The molecule has 0 aliphatic heterocycles. The van der Waals surface area contributed by atoms with Gasteiger partial charge in [0.05, 0.1) is 0 Å². The van der Waals surface area contributed by atoms with E-state index in [1.54, 1.807) is 24.3 Å². The Balaban J connectivity index is 2.10. The summed E-state index contributed by atoms with van der Waals surface area (Å²) in [5.74, 6) is 0.718. The van der Waals surface area contributed by atoms with Gasteiger partial charge in [0, 0.05) is 17.3 Å². The minimum atomic E-state index is -0.603. The van der Waals surface area contributed by atoms with Crippen LogP contribution in [0.15, 0.2) is 48.5 Å². The van der Waals surface area contributed by atoms with Gasteiger partial charge in [0.1, 0.15) is 5.75 Å². The number of carbonyl (C=O) groups is 2. The maximum Gasteiger partial charge on any atom is 0.265 e. The number of hydrogen-bond donors (Lipinski definition) is 2. The summed E-state index contributed by atoms with van der Waals surface area (Å²) in [5.41, 5.74) is 2.38. The zero-order chi connectivity index (χ0) is 21.4. The smallest absolute Gasteiger partial charge is 0.265 e. The van der Waals surface area contributed by atoms with Crippen LogP contribution in [0.5, 0.6) is 5.75 Å². The number of hydrogen-bond acceptors (Lipinski definition) is 3. The summed E-state index contributed by atoms with van der Waals surface area (Å²) in [4.78, 5) is 24.7. The Labute approximate surface area is 173 Å². The lowest BCUT2D eigenvalue weighted by Crippen LogP contribution is -2.32. The number of carbonyl (C=O) groups excluding carboxylic acids is 2. The van der Waals surface area contributed by atoms with Crippen molar-refractivity contribution in [3.05, 3.63) is 54.1 Å². The van der Waals surface area contributed by atoms with Gasteiger partial charge in [0.2, 0.25) is 5.91 Å². The highest BCUT2D eigenvalue weighted by atomic mass is 16.5. The zero-order valence-corrected chi connectivity index (χ0v) is 18.0. The molecule has 2 amide bonds. The molecule has 0 radical (unpaired) electrons. The van der Waals surface area contributed by atoms with Crippen LogP contribution in [0.25, 0.3) is 0 Å². The average molecular weight is 397 g/mol. The van der Waals surface area contributed by atoms with Crippen LogP contribution in [-0.2, 0) is 9.59 Å². The molecule has 2 unspecified atom stereocenters. The third-order valence-corrected chi connectivity index (χ3v) is 4.92. The Kier molecular flexibility index (Phi) is 8.25. The van der Waals surface area contributed by atoms with Crippen LogP contribution in [0, 0.1) is 5.92 Å². The van der Waals surface area contributed by atoms with Gasteiger partial charge in [-0.2, -0.15) is 0 Å². The summed E-state index contributed by atoms with van der Waals surface area (Å²) in [6.07, 6.45) is 0.942. The summed E-state index contributed by atoms with van der Waals surface area (Å²) in [6.45, 7) is 9.88. The van der Waals surface area contributed by atoms with E-state index in [0.717, 1.165) is 17.7 Å². The molecule has 5 heteroatoms. The van der Waals surface area contributed by atoms with Crippen LogP contribution in [0.3, 0.4) is 0 Å². The minimum Gasteiger partial charge on any atom is -0.480 e. The normalized spacial score (nSPS) is 12.9. The first kappa shape index (κ1) is 22.5. The molecule has 0 heterocycles. The Hall–Kier alpha value is -2.82. The van der Waals surface area contributed by atoms with Crippen molar-refractivity contribution >= 4 is 23.2 Å². The van der Waals surface area contributed by atoms with Crippen LogP contribution in [0.1, 0.15) is 58.9 Å². The lowest BCUT2D eigenvalue weighted by atomic mass is 9.98. The maximum atomic E-state index is 12.8. The Bertz CT molecular complexity index is 832. The van der Waals surface area contributed by atoms with Gasteiger partial charge in [-0.05, 0) is 48.6 Å². The second kappa shape index (κ2) is 10.6. The fourth-order valence-corrected chi connectivity index (χ4v) is 2.87. The van der Waals surface area contributed by atoms with Gasteiger partial charge in [-0.1, -0.05) is 58.9 Å². The van der Waals surface area contributed by atoms with Gasteiger partial charge in [0.25, 0.3) is 5.91 Å². The molecule has 0 aliphatic carbocycles. The molecule has 156 valence electrons. The molecule has 5 nitrogen and oxygen atoms in total. The third-order valence-electron chi connectivity index (χ3n) is 4.92. The molecular formula is C24H32N2O3. The zero-order valence-electron chi connectivity index (χ0n) is 18.0. The maximum absolute atomic E-state index is 12.8. The fraction of sp³-hybridized carbons (Fsp3) is 0.417. The number of ether oxygens (including phenoxy) is 1. The second-order valence-electron chi connectivity index (χ2n) is 7.58. The van der Waals surface area contributed by atoms with E-state index in [4.69, 9.17) is 4.74 Å². The number of nitrogens with one attached hydrogen (secondary N) is 2. The van der Waals surface area contributed by atoms with Crippen LogP contribution >= 0.6 is 0 Å². The van der Waals surface area contributed by atoms with E-state index in [9.17, 15) is 9.59 Å². The molecule has 2 N–H and O–H groups in total. The van der Waals surface area contributed by atoms with Crippen molar-refractivity contribution in [1.29, 1.82) is 0 Å². The molecule has 0 aliphatic rings. The summed E-state index contributed by atoms with van der Waals surface area (Å²) in [5, 5.41) is 5.75. The van der Waals surface area contributed by atoms with E-state index in [0.29, 0.717) is 23.7 Å². The molecule has 0 saturated heterocycles. The first-order chi connectivity index (χ1) is 13.8. The quantitative estimate of drug-likeness (QED) is 0.580. The number of anilines is 2. The first-order valence-electron chi connectivity index (χ1n) is 10.3. The largest absolute Gasteiger partial charge is 0.480 e. The minimum absolute atomic E-state index is 0.0649. The van der Waals surface area contributed by atoms with Gasteiger partial charge in [-0.25, -0.2) is 0 Å². The second-order valence-corrected chi connectivity index (χ2v) is 7.58. The van der Waals surface area contributed by atoms with Crippen LogP contribution in [0.2, 0.25) is 0 Å². The van der Waals surface area contributed by atoms with E-state index in [1.165, 1.54) is 0 Å². The molecule has 0 aromatic heterocycles. The van der Waals surface area contributed by atoms with Crippen molar-refractivity contribution in [2.75, 3.05) is 10.6 Å². The van der Waals surface area contributed by atoms with Gasteiger partial charge >= 0.3 is 0 Å². The average Bonchev–Trinajstić information content (AvgIpc) is 2.71. The molecule has 2 aromatic carbocycles. The first-order valence-corrected chi connectivity index (χ1v) is 10.3. The summed E-state index contributed by atoms with van der Waals surface area (Å²) in [7, 11) is 0. The lowest BCUT2D eigenvalue weighted by molar-refractivity contribution is -0.123. The van der Waals surface area contributed by atoms with Crippen LogP contribution in [0.4, 0.5) is 11.4 Å². The third kappa shape index (κ3) is 6.34. The Morgan fingerprint density at radius 3 is 2.07 bits per heavy atom. The van der Waals surface area contributed by atoms with Crippen molar-refractivity contribution in [3.63, 3.8) is 0 Å². The van der Waals surface area contributed by atoms with Crippen molar-refractivity contribution in [1.82, 2.24) is 0 Å². The topological polar surface area (TPSA) is 67.4 Å². The molecule has 0 saturated carbocycles. The van der Waals surface area contributed by atoms with Crippen molar-refractivity contribution in [2.45, 2.75) is 59.5 Å². The van der Waals surface area contributed by atoms with Crippen LogP contribution in [-0.4, -0.2) is 17.9 Å². The number of rotatable bonds is 9. The van der Waals surface area contributed by atoms with E-state index >= 15 is 0 Å². The van der Waals surface area contributed by atoms with E-state index in [1.807, 2.05) is 39.0 Å². The van der Waals surface area contributed by atoms with Gasteiger partial charge < -0.3 is 15.4 Å². The molecule has 2 aromatic rings. The highest BCUT2D eigenvalue weighted by Crippen LogP contribution is 2.29. The Morgan fingerprint density at radius 1 is 0.862 bits per heavy atom. The molecule has 2 rings (SSSR count). The number of benzene rings is 2. The summed E-state index contributed by atoms with van der Waals surface area (Å²) >= 11 is 0. The monoisotopic (exact) mass is 396 g/mol. The summed E-state index contributed by atoms with van der Waals surface area (Å²) < 4.78 is 6.10. The number of amides is 2. The SMILES string of the molecule is CCC(Oc1ccccc1C(C)CC)C(=O)Nc1cccc(NC(=O)C(C)C)c1. The highest BCUT2D eigenvalue weighted by molar-refractivity contribution is 5.96. The van der Waals surface area contributed by atoms with Gasteiger partial charge in [0.15, 0.2) is 6.10 Å². The molecule has 29 heavy (non-hydrogen) atoms. The fourth-order valence-electron chi connectivity index (χ4n) is 2.87. The van der Waals surface area contributed by atoms with Gasteiger partial charge in [-0.3, -0.25) is 9.59 Å². The standard InChI is InChI=1S/C24H32N2O3/c1-6-17(5)20-13-8-9-14-22(20)29-21(7-2)24(28)26-19-12-10-11-18(15-19)25-23(27)16(3)4/h8-17,21H,6-7H2,1-5H3,(H,25,27)(H,26,28). The molecular weight excluding hydrogens is 364 g/mol. The predicted octanol–water partition coefficient (Wildman–Crippen LogP) is 5.59.